The first-order chi connectivity index (χ1) is 8.87. The molecule has 2 unspecified atom stereocenters. The van der Waals surface area contributed by atoms with E-state index in [0.29, 0.717) is 10.7 Å². The molecule has 0 aliphatic carbocycles. The fourth-order valence-electron chi connectivity index (χ4n) is 1.83. The Morgan fingerprint density at radius 3 is 2.53 bits per heavy atom. The molecule has 0 bridgehead atoms. The van der Waals surface area contributed by atoms with Gasteiger partial charge >= 0.3 is 6.03 Å². The fraction of sp³-hybridized carbons (Fsp3) is 0.364. The molecule has 2 rings (SSSR count). The Labute approximate surface area is 121 Å². The molecule has 1 aliphatic heterocycles. The Morgan fingerprint density at radius 1 is 1.26 bits per heavy atom. The number of amides is 2. The number of alkyl halides is 1. The van der Waals surface area contributed by atoms with Gasteiger partial charge in [0.2, 0.25) is 0 Å². The summed E-state index contributed by atoms with van der Waals surface area (Å²) >= 11 is 11.8. The molecule has 0 spiro atoms. The van der Waals surface area contributed by atoms with Crippen molar-refractivity contribution in [1.29, 1.82) is 0 Å². The molecule has 1 heterocycles. The van der Waals surface area contributed by atoms with Crippen LogP contribution in [-0.2, 0) is 9.84 Å². The number of halogens is 2. The van der Waals surface area contributed by atoms with Crippen molar-refractivity contribution >= 4 is 44.8 Å². The number of rotatable bonds is 2. The van der Waals surface area contributed by atoms with Crippen LogP contribution in [0.15, 0.2) is 24.3 Å². The van der Waals surface area contributed by atoms with E-state index in [1.165, 1.54) is 0 Å². The minimum Gasteiger partial charge on any atom is -0.333 e. The van der Waals surface area contributed by atoms with Crippen molar-refractivity contribution in [1.82, 2.24) is 5.32 Å². The second-order valence-corrected chi connectivity index (χ2v) is 7.40. The molecule has 0 radical (unpaired) electrons. The third kappa shape index (κ3) is 3.75. The molecule has 1 aromatic rings. The quantitative estimate of drug-likeness (QED) is 0.816. The van der Waals surface area contributed by atoms with Gasteiger partial charge in [-0.2, -0.15) is 0 Å². The molecular weight excluding hydrogens is 311 g/mol. The number of hydrogen-bond acceptors (Lipinski definition) is 3. The Kier molecular flexibility index (Phi) is 4.23. The summed E-state index contributed by atoms with van der Waals surface area (Å²) in [6.45, 7) is 0. The van der Waals surface area contributed by atoms with Crippen LogP contribution in [-0.4, -0.2) is 37.4 Å². The van der Waals surface area contributed by atoms with Crippen LogP contribution in [0.1, 0.15) is 0 Å². The van der Waals surface area contributed by atoms with Gasteiger partial charge in [-0.15, -0.1) is 11.6 Å². The summed E-state index contributed by atoms with van der Waals surface area (Å²) in [6.07, 6.45) is 0. The van der Waals surface area contributed by atoms with Crippen LogP contribution >= 0.6 is 23.2 Å². The molecule has 8 heteroatoms. The highest BCUT2D eigenvalue weighted by Gasteiger charge is 2.37. The van der Waals surface area contributed by atoms with E-state index in [1.54, 1.807) is 24.3 Å². The molecule has 0 aromatic heterocycles. The van der Waals surface area contributed by atoms with Crippen LogP contribution < -0.4 is 10.6 Å². The number of sulfone groups is 1. The molecule has 1 saturated heterocycles. The summed E-state index contributed by atoms with van der Waals surface area (Å²) in [5.74, 6) is -0.261. The van der Waals surface area contributed by atoms with Crippen molar-refractivity contribution in [3.05, 3.63) is 29.3 Å². The van der Waals surface area contributed by atoms with Gasteiger partial charge in [-0.1, -0.05) is 23.7 Å². The third-order valence-corrected chi connectivity index (χ3v) is 5.43. The zero-order valence-corrected chi connectivity index (χ0v) is 12.1. The highest BCUT2D eigenvalue weighted by molar-refractivity contribution is 7.91. The van der Waals surface area contributed by atoms with Gasteiger partial charge in [0.05, 0.1) is 33.6 Å². The summed E-state index contributed by atoms with van der Waals surface area (Å²) < 4.78 is 22.7. The van der Waals surface area contributed by atoms with Gasteiger partial charge in [0.15, 0.2) is 9.84 Å². The monoisotopic (exact) mass is 322 g/mol. The zero-order valence-electron chi connectivity index (χ0n) is 9.77. The number of carbonyl (C=O) groups excluding carboxylic acids is 1. The number of anilines is 1. The summed E-state index contributed by atoms with van der Waals surface area (Å²) in [5, 5.41) is 4.88. The van der Waals surface area contributed by atoms with E-state index < -0.39 is 27.3 Å². The number of benzene rings is 1. The molecule has 5 nitrogen and oxygen atoms in total. The third-order valence-electron chi connectivity index (χ3n) is 2.72. The molecule has 104 valence electrons. The molecule has 0 saturated carbocycles. The highest BCUT2D eigenvalue weighted by atomic mass is 35.5. The predicted octanol–water partition coefficient (Wildman–Crippen LogP) is 1.87. The van der Waals surface area contributed by atoms with Gasteiger partial charge in [-0.25, -0.2) is 13.2 Å². The molecule has 1 aromatic carbocycles. The largest absolute Gasteiger partial charge is 0.333 e. The van der Waals surface area contributed by atoms with Gasteiger partial charge in [0, 0.05) is 0 Å². The smallest absolute Gasteiger partial charge is 0.319 e. The van der Waals surface area contributed by atoms with Crippen LogP contribution in [0.2, 0.25) is 5.02 Å². The Morgan fingerprint density at radius 2 is 1.95 bits per heavy atom. The molecule has 2 atom stereocenters. The molecule has 19 heavy (non-hydrogen) atoms. The second-order valence-electron chi connectivity index (χ2n) is 4.28. The van der Waals surface area contributed by atoms with Gasteiger partial charge < -0.3 is 10.6 Å². The molecule has 1 fully saturated rings. The van der Waals surface area contributed by atoms with E-state index in [-0.39, 0.29) is 11.5 Å². The Bertz CT molecular complexity index is 591. The van der Waals surface area contributed by atoms with E-state index in [2.05, 4.69) is 10.6 Å². The lowest BCUT2D eigenvalue weighted by atomic mass is 10.2. The first-order valence-corrected chi connectivity index (χ1v) is 8.17. The lowest BCUT2D eigenvalue weighted by molar-refractivity contribution is 0.249. The number of nitrogens with one attached hydrogen (secondary N) is 2. The number of urea groups is 1. The van der Waals surface area contributed by atoms with Crippen LogP contribution in [0, 0.1) is 0 Å². The predicted molar refractivity (Wildman–Crippen MR) is 75.7 cm³/mol. The van der Waals surface area contributed by atoms with Crippen LogP contribution in [0.3, 0.4) is 0 Å². The van der Waals surface area contributed by atoms with Gasteiger partial charge in [-0.3, -0.25) is 0 Å². The summed E-state index contributed by atoms with van der Waals surface area (Å²) in [6, 6.07) is 5.64. The topological polar surface area (TPSA) is 75.3 Å². The summed E-state index contributed by atoms with van der Waals surface area (Å²) in [4.78, 5) is 11.7. The van der Waals surface area contributed by atoms with E-state index in [1.807, 2.05) is 0 Å². The van der Waals surface area contributed by atoms with Crippen molar-refractivity contribution in [2.45, 2.75) is 11.4 Å². The second kappa shape index (κ2) is 5.56. The minimum absolute atomic E-state index is 0.119. The molecule has 2 N–H and O–H groups in total. The number of hydrogen-bond donors (Lipinski definition) is 2. The van der Waals surface area contributed by atoms with Gasteiger partial charge in [0.1, 0.15) is 0 Å². The molecular formula is C11H12Cl2N2O3S. The van der Waals surface area contributed by atoms with Crippen molar-refractivity contribution in [2.75, 3.05) is 16.8 Å². The number of carbonyl (C=O) groups is 1. The fourth-order valence-corrected chi connectivity index (χ4v) is 4.56. The lowest BCUT2D eigenvalue weighted by Gasteiger charge is -2.15. The van der Waals surface area contributed by atoms with Crippen LogP contribution in [0.5, 0.6) is 0 Å². The van der Waals surface area contributed by atoms with E-state index in [9.17, 15) is 13.2 Å². The maximum absolute atomic E-state index is 11.7. The maximum atomic E-state index is 11.7. The van der Waals surface area contributed by atoms with Crippen molar-refractivity contribution in [3.63, 3.8) is 0 Å². The van der Waals surface area contributed by atoms with Crippen molar-refractivity contribution in [3.8, 4) is 0 Å². The zero-order chi connectivity index (χ0) is 14.0. The maximum Gasteiger partial charge on any atom is 0.319 e. The lowest BCUT2D eigenvalue weighted by Crippen LogP contribution is -2.42. The first-order valence-electron chi connectivity index (χ1n) is 5.54. The number of para-hydroxylation sites is 1. The Hall–Kier alpha value is -0.980. The van der Waals surface area contributed by atoms with Crippen molar-refractivity contribution in [2.24, 2.45) is 0 Å². The van der Waals surface area contributed by atoms with Gasteiger partial charge in [-0.05, 0) is 12.1 Å². The van der Waals surface area contributed by atoms with Gasteiger partial charge in [0.25, 0.3) is 0 Å². The summed E-state index contributed by atoms with van der Waals surface area (Å²) in [7, 11) is -3.17. The standard InChI is InChI=1S/C11H12Cl2N2O3S/c12-7-3-1-2-4-9(7)14-11(16)15-10-6-19(17,18)5-8(10)13/h1-4,8,10H,5-6H2,(H2,14,15,16). The average Bonchev–Trinajstić information content (AvgIpc) is 2.55. The highest BCUT2D eigenvalue weighted by Crippen LogP contribution is 2.21. The molecule has 2 amide bonds. The average molecular weight is 323 g/mol. The SMILES string of the molecule is O=C(Nc1ccccc1Cl)NC1CS(=O)(=O)CC1Cl. The minimum atomic E-state index is -3.17. The van der Waals surface area contributed by atoms with E-state index in [4.69, 9.17) is 23.2 Å². The normalized spacial score (nSPS) is 24.9. The van der Waals surface area contributed by atoms with E-state index >= 15 is 0 Å². The van der Waals surface area contributed by atoms with E-state index in [0.717, 1.165) is 0 Å². The first kappa shape index (κ1) is 14.4. The molecule has 1 aliphatic rings. The summed E-state index contributed by atoms with van der Waals surface area (Å²) in [5.41, 5.74) is 0.452. The Balaban J connectivity index is 1.98. The van der Waals surface area contributed by atoms with Crippen LogP contribution in [0.25, 0.3) is 0 Å². The van der Waals surface area contributed by atoms with Crippen LogP contribution in [0.4, 0.5) is 10.5 Å². The van der Waals surface area contributed by atoms with Crippen molar-refractivity contribution < 1.29 is 13.2 Å².